The Kier molecular flexibility index (Phi) is 6.92. The third-order valence-corrected chi connectivity index (χ3v) is 5.90. The van der Waals surface area contributed by atoms with Gasteiger partial charge in [0, 0.05) is 22.5 Å². The average Bonchev–Trinajstić information content (AvgIpc) is 2.82. The summed E-state index contributed by atoms with van der Waals surface area (Å²) in [5.74, 6) is 0.136. The van der Waals surface area contributed by atoms with Gasteiger partial charge in [-0.25, -0.2) is 0 Å². The summed E-state index contributed by atoms with van der Waals surface area (Å²) in [7, 11) is 0. The maximum atomic E-state index is 14.3. The lowest BCUT2D eigenvalue weighted by molar-refractivity contribution is -0.140. The molecular formula is C28H22F6N2O2. The molecule has 4 aromatic rings. The zero-order chi connectivity index (χ0) is 27.8. The SMILES string of the molecule is Cc1c(Oc2ccc(N)cc2)ccc(-c2ccc(Oc3ccc(N)cc3)c(C)c2C(F)(F)F)c1C(F)(F)F. The summed E-state index contributed by atoms with van der Waals surface area (Å²) in [6.07, 6.45) is -9.95. The van der Waals surface area contributed by atoms with Crippen molar-refractivity contribution in [2.24, 2.45) is 0 Å². The molecule has 0 aromatic heterocycles. The third-order valence-electron chi connectivity index (χ3n) is 5.90. The molecule has 0 amide bonds. The van der Waals surface area contributed by atoms with Crippen molar-refractivity contribution in [2.75, 3.05) is 11.5 Å². The molecule has 38 heavy (non-hydrogen) atoms. The van der Waals surface area contributed by atoms with Crippen molar-refractivity contribution in [3.63, 3.8) is 0 Å². The van der Waals surface area contributed by atoms with E-state index in [9.17, 15) is 26.3 Å². The fraction of sp³-hybridized carbons (Fsp3) is 0.143. The Hall–Kier alpha value is -4.34. The molecule has 0 aliphatic carbocycles. The number of benzene rings is 4. The van der Waals surface area contributed by atoms with Crippen molar-refractivity contribution in [2.45, 2.75) is 26.2 Å². The van der Waals surface area contributed by atoms with Crippen LogP contribution in [0.4, 0.5) is 37.7 Å². The molecular weight excluding hydrogens is 510 g/mol. The van der Waals surface area contributed by atoms with Crippen molar-refractivity contribution in [3.8, 4) is 34.1 Å². The minimum atomic E-state index is -4.98. The highest BCUT2D eigenvalue weighted by Crippen LogP contribution is 2.48. The van der Waals surface area contributed by atoms with E-state index in [0.717, 1.165) is 26.0 Å². The highest BCUT2D eigenvalue weighted by atomic mass is 19.4. The Balaban J connectivity index is 1.86. The molecule has 0 spiro atoms. The summed E-state index contributed by atoms with van der Waals surface area (Å²) in [4.78, 5) is 0. The molecule has 0 fully saturated rings. The molecule has 198 valence electrons. The van der Waals surface area contributed by atoms with Crippen LogP contribution in [0.5, 0.6) is 23.0 Å². The predicted molar refractivity (Wildman–Crippen MR) is 133 cm³/mol. The Morgan fingerprint density at radius 3 is 1.11 bits per heavy atom. The number of alkyl halides is 6. The van der Waals surface area contributed by atoms with Crippen LogP contribution in [-0.2, 0) is 12.4 Å². The van der Waals surface area contributed by atoms with Crippen molar-refractivity contribution in [3.05, 3.63) is 95.1 Å². The van der Waals surface area contributed by atoms with Gasteiger partial charge in [-0.2, -0.15) is 26.3 Å². The number of rotatable bonds is 5. The standard InChI is InChI=1S/C28H22F6N2O2/c1-15-23(37-19-7-3-17(35)4-8-19)13-11-21(25(15)27(29,30)31)22-12-14-24(16(2)26(22)28(32,33)34)38-20-9-5-18(36)6-10-20/h3-14H,35-36H2,1-2H3. The second-order valence-corrected chi connectivity index (χ2v) is 8.56. The lowest BCUT2D eigenvalue weighted by Crippen LogP contribution is -2.15. The maximum Gasteiger partial charge on any atom is 0.417 e. The molecule has 0 aliphatic heterocycles. The predicted octanol–water partition coefficient (Wildman–Crippen LogP) is 8.76. The molecule has 0 unspecified atom stereocenters. The first kappa shape index (κ1) is 26.7. The fourth-order valence-corrected chi connectivity index (χ4v) is 4.11. The molecule has 4 aromatic carbocycles. The smallest absolute Gasteiger partial charge is 0.417 e. The van der Waals surface area contributed by atoms with E-state index in [1.165, 1.54) is 60.7 Å². The number of ether oxygens (including phenoxy) is 2. The van der Waals surface area contributed by atoms with Crippen molar-refractivity contribution in [1.29, 1.82) is 0 Å². The van der Waals surface area contributed by atoms with Crippen LogP contribution >= 0.6 is 0 Å². The second-order valence-electron chi connectivity index (χ2n) is 8.56. The molecule has 4 rings (SSSR count). The minimum absolute atomic E-state index is 0.153. The third kappa shape index (κ3) is 5.49. The Labute approximate surface area is 214 Å². The summed E-state index contributed by atoms with van der Waals surface area (Å²) in [6.45, 7) is 2.30. The van der Waals surface area contributed by atoms with Gasteiger partial charge in [0.2, 0.25) is 0 Å². The molecule has 10 heteroatoms. The number of nitrogen functional groups attached to an aromatic ring is 2. The highest BCUT2D eigenvalue weighted by Gasteiger charge is 2.41. The van der Waals surface area contributed by atoms with E-state index >= 15 is 0 Å². The summed E-state index contributed by atoms with van der Waals surface area (Å²) in [5, 5.41) is 0. The first-order valence-electron chi connectivity index (χ1n) is 11.2. The number of anilines is 2. The monoisotopic (exact) mass is 532 g/mol. The molecule has 0 atom stereocenters. The van der Waals surface area contributed by atoms with E-state index in [-0.39, 0.29) is 34.1 Å². The van der Waals surface area contributed by atoms with E-state index in [2.05, 4.69) is 0 Å². The van der Waals surface area contributed by atoms with Gasteiger partial charge in [-0.05, 0) is 85.6 Å². The summed E-state index contributed by atoms with van der Waals surface area (Å²) < 4.78 is 97.0. The van der Waals surface area contributed by atoms with Gasteiger partial charge in [0.1, 0.15) is 23.0 Å². The molecule has 0 bridgehead atoms. The van der Waals surface area contributed by atoms with Gasteiger partial charge in [-0.1, -0.05) is 12.1 Å². The molecule has 0 heterocycles. The lowest BCUT2D eigenvalue weighted by Gasteiger charge is -2.23. The van der Waals surface area contributed by atoms with Crippen LogP contribution in [0, 0.1) is 13.8 Å². The zero-order valence-electron chi connectivity index (χ0n) is 20.2. The molecule has 0 saturated carbocycles. The van der Waals surface area contributed by atoms with E-state index in [4.69, 9.17) is 20.9 Å². The van der Waals surface area contributed by atoms with Gasteiger partial charge < -0.3 is 20.9 Å². The van der Waals surface area contributed by atoms with E-state index in [1.54, 1.807) is 0 Å². The van der Waals surface area contributed by atoms with Gasteiger partial charge >= 0.3 is 12.4 Å². The average molecular weight is 532 g/mol. The van der Waals surface area contributed by atoms with Crippen LogP contribution in [0.15, 0.2) is 72.8 Å². The van der Waals surface area contributed by atoms with E-state index < -0.39 is 34.6 Å². The maximum absolute atomic E-state index is 14.3. The van der Waals surface area contributed by atoms with E-state index in [1.807, 2.05) is 0 Å². The lowest BCUT2D eigenvalue weighted by atomic mass is 9.89. The highest BCUT2D eigenvalue weighted by molar-refractivity contribution is 5.77. The topological polar surface area (TPSA) is 70.5 Å². The fourth-order valence-electron chi connectivity index (χ4n) is 4.11. The van der Waals surface area contributed by atoms with Gasteiger partial charge in [0.15, 0.2) is 0 Å². The molecule has 0 radical (unpaired) electrons. The minimum Gasteiger partial charge on any atom is -0.457 e. The largest absolute Gasteiger partial charge is 0.457 e. The number of nitrogens with two attached hydrogens (primary N) is 2. The van der Waals surface area contributed by atoms with Crippen molar-refractivity contribution >= 4 is 11.4 Å². The number of hydrogen-bond acceptors (Lipinski definition) is 4. The van der Waals surface area contributed by atoms with Crippen molar-refractivity contribution < 1.29 is 35.8 Å². The quantitative estimate of drug-likeness (QED) is 0.199. The van der Waals surface area contributed by atoms with Gasteiger partial charge in [0.05, 0.1) is 11.1 Å². The van der Waals surface area contributed by atoms with Crippen LogP contribution in [0.3, 0.4) is 0 Å². The van der Waals surface area contributed by atoms with Crippen LogP contribution < -0.4 is 20.9 Å². The summed E-state index contributed by atoms with van der Waals surface area (Å²) >= 11 is 0. The van der Waals surface area contributed by atoms with E-state index in [0.29, 0.717) is 11.4 Å². The normalized spacial score (nSPS) is 11.9. The van der Waals surface area contributed by atoms with Crippen LogP contribution in [-0.4, -0.2) is 0 Å². The first-order chi connectivity index (χ1) is 17.8. The molecule has 0 aliphatic rings. The second kappa shape index (κ2) is 9.85. The van der Waals surface area contributed by atoms with Gasteiger partial charge in [-0.3, -0.25) is 0 Å². The van der Waals surface area contributed by atoms with Crippen LogP contribution in [0.25, 0.3) is 11.1 Å². The Morgan fingerprint density at radius 1 is 0.500 bits per heavy atom. The van der Waals surface area contributed by atoms with Crippen LogP contribution in [0.2, 0.25) is 0 Å². The zero-order valence-corrected chi connectivity index (χ0v) is 20.2. The Bertz CT molecular complexity index is 1350. The summed E-state index contributed by atoms with van der Waals surface area (Å²) in [6, 6.07) is 16.3. The summed E-state index contributed by atoms with van der Waals surface area (Å²) in [5.41, 5.74) is 7.66. The molecule has 4 nitrogen and oxygen atoms in total. The first-order valence-corrected chi connectivity index (χ1v) is 11.2. The van der Waals surface area contributed by atoms with Gasteiger partial charge in [-0.15, -0.1) is 0 Å². The molecule has 0 saturated heterocycles. The van der Waals surface area contributed by atoms with Crippen molar-refractivity contribution in [1.82, 2.24) is 0 Å². The number of hydrogen-bond donors (Lipinski definition) is 2. The Morgan fingerprint density at radius 2 is 0.816 bits per heavy atom. The number of halogens is 6. The van der Waals surface area contributed by atoms with Crippen LogP contribution in [0.1, 0.15) is 22.3 Å². The molecule has 4 N–H and O–H groups in total. The van der Waals surface area contributed by atoms with Gasteiger partial charge in [0.25, 0.3) is 0 Å².